The van der Waals surface area contributed by atoms with Crippen LogP contribution in [0.2, 0.25) is 0 Å². The fourth-order valence-corrected chi connectivity index (χ4v) is 6.03. The van der Waals surface area contributed by atoms with Gasteiger partial charge in [-0.1, -0.05) is 6.58 Å². The van der Waals surface area contributed by atoms with E-state index in [2.05, 4.69) is 11.6 Å². The van der Waals surface area contributed by atoms with Crippen molar-refractivity contribution in [2.24, 2.45) is 11.8 Å². The summed E-state index contributed by atoms with van der Waals surface area (Å²) in [4.78, 5) is 4.37. The quantitative estimate of drug-likeness (QED) is 0.262. The van der Waals surface area contributed by atoms with Gasteiger partial charge >= 0.3 is 0 Å². The minimum atomic E-state index is -3.08. The maximum atomic E-state index is 15.0. The molecule has 1 fully saturated rings. The van der Waals surface area contributed by atoms with Crippen LogP contribution in [0.3, 0.4) is 0 Å². The number of halogens is 2. The topological polar surface area (TPSA) is 85.7 Å². The van der Waals surface area contributed by atoms with Gasteiger partial charge in [0.2, 0.25) is 5.88 Å². The molecule has 1 heterocycles. The zero-order valence-electron chi connectivity index (χ0n) is 21.2. The van der Waals surface area contributed by atoms with Crippen molar-refractivity contribution in [3.8, 4) is 22.8 Å². The van der Waals surface area contributed by atoms with E-state index in [1.54, 1.807) is 31.3 Å². The predicted molar refractivity (Wildman–Crippen MR) is 140 cm³/mol. The maximum absolute atomic E-state index is 15.0. The number of aromatic nitrogens is 1. The molecular formula is C29H29F2NO5S. The van der Waals surface area contributed by atoms with Gasteiger partial charge in [0.25, 0.3) is 0 Å². The van der Waals surface area contributed by atoms with Crippen LogP contribution in [0.15, 0.2) is 54.9 Å². The lowest BCUT2D eigenvalue weighted by molar-refractivity contribution is 0.287. The molecule has 0 saturated heterocycles. The molecule has 0 amide bonds. The zero-order chi connectivity index (χ0) is 27.2. The highest BCUT2D eigenvalue weighted by Gasteiger charge is 2.57. The Bertz CT molecular complexity index is 1520. The van der Waals surface area contributed by atoms with E-state index in [1.165, 1.54) is 12.1 Å². The fourth-order valence-electron chi connectivity index (χ4n) is 5.39. The first-order chi connectivity index (χ1) is 18.0. The molecule has 0 unspecified atom stereocenters. The van der Waals surface area contributed by atoms with Gasteiger partial charge < -0.3 is 14.6 Å². The van der Waals surface area contributed by atoms with Crippen LogP contribution in [0.25, 0.3) is 11.1 Å². The lowest BCUT2D eigenvalue weighted by Gasteiger charge is -2.14. The summed E-state index contributed by atoms with van der Waals surface area (Å²) in [5.74, 6) is 0.634. The van der Waals surface area contributed by atoms with Crippen molar-refractivity contribution in [1.29, 1.82) is 0 Å². The predicted octanol–water partition coefficient (Wildman–Crippen LogP) is 5.69. The number of aryl methyl sites for hydroxylation is 1. The molecule has 1 aromatic heterocycles. The van der Waals surface area contributed by atoms with Gasteiger partial charge in [0.15, 0.2) is 0 Å². The third kappa shape index (κ3) is 5.38. The van der Waals surface area contributed by atoms with E-state index in [9.17, 15) is 17.9 Å². The lowest BCUT2D eigenvalue weighted by atomic mass is 9.97. The number of ether oxygens (including phenoxy) is 2. The number of benzene rings is 2. The van der Waals surface area contributed by atoms with Crippen LogP contribution in [0.1, 0.15) is 34.6 Å². The summed E-state index contributed by atoms with van der Waals surface area (Å²) in [7, 11) is -3.08. The maximum Gasteiger partial charge on any atom is 0.213 e. The van der Waals surface area contributed by atoms with Crippen LogP contribution >= 0.6 is 0 Å². The summed E-state index contributed by atoms with van der Waals surface area (Å²) < 4.78 is 63.5. The number of nitrogens with zero attached hydrogens (tertiary/aromatic N) is 1. The molecule has 1 saturated carbocycles. The highest BCUT2D eigenvalue weighted by Crippen LogP contribution is 2.63. The third-order valence-electron chi connectivity index (χ3n) is 7.30. The first-order valence-electron chi connectivity index (χ1n) is 12.4. The molecule has 2 aromatic carbocycles. The summed E-state index contributed by atoms with van der Waals surface area (Å²) in [5.41, 5.74) is 3.89. The van der Waals surface area contributed by atoms with Gasteiger partial charge in [-0.3, -0.25) is 0 Å². The number of hydrogen-bond acceptors (Lipinski definition) is 6. The van der Waals surface area contributed by atoms with E-state index < -0.39 is 21.5 Å². The smallest absolute Gasteiger partial charge is 0.213 e. The van der Waals surface area contributed by atoms with Gasteiger partial charge in [-0.05, 0) is 78.1 Å². The Morgan fingerprint density at radius 1 is 1.13 bits per heavy atom. The van der Waals surface area contributed by atoms with E-state index >= 15 is 4.39 Å². The first kappa shape index (κ1) is 26.2. The molecule has 3 atom stereocenters. The summed E-state index contributed by atoms with van der Waals surface area (Å²) in [6, 6.07) is 9.20. The average Bonchev–Trinajstić information content (AvgIpc) is 3.44. The monoisotopic (exact) mass is 541 g/mol. The van der Waals surface area contributed by atoms with E-state index in [0.717, 1.165) is 23.8 Å². The minimum Gasteiger partial charge on any atom is -0.513 e. The molecule has 1 N–H and O–H groups in total. The number of allylic oxidation sites excluding steroid dienone is 1. The zero-order valence-corrected chi connectivity index (χ0v) is 22.0. The lowest BCUT2D eigenvalue weighted by Crippen LogP contribution is -2.08. The van der Waals surface area contributed by atoms with Gasteiger partial charge in [0, 0.05) is 41.6 Å². The number of hydrogen-bond donors (Lipinski definition) is 1. The third-order valence-corrected chi connectivity index (χ3v) is 8.33. The standard InChI is InChI=1S/C29H29F2NO5S/c1-16-9-25(30)19(15-37-27-12-18-10-23-28(17(2)33)29(23)24(18)14-32-27)11-22(16)21-6-5-20(13-26(21)31)36-7-4-8-38(3,34)35/h5-6,9,11-14,23,28-29,33H,2,4,7-8,10,15H2,1,3H3/t23-,28-,29+/m0/s1. The van der Waals surface area contributed by atoms with E-state index in [1.807, 2.05) is 6.07 Å². The highest BCUT2D eigenvalue weighted by atomic mass is 32.2. The summed E-state index contributed by atoms with van der Waals surface area (Å²) in [6.07, 6.45) is 4.04. The molecule has 200 valence electrons. The molecule has 9 heteroatoms. The van der Waals surface area contributed by atoms with E-state index in [-0.39, 0.29) is 47.9 Å². The fraction of sp³-hybridized carbons (Fsp3) is 0.345. The van der Waals surface area contributed by atoms with Gasteiger partial charge in [0.1, 0.15) is 33.8 Å². The second-order valence-corrected chi connectivity index (χ2v) is 12.4. The molecule has 5 rings (SSSR count). The van der Waals surface area contributed by atoms with Gasteiger partial charge in [-0.25, -0.2) is 22.2 Å². The Morgan fingerprint density at radius 2 is 1.92 bits per heavy atom. The Kier molecular flexibility index (Phi) is 6.90. The van der Waals surface area contributed by atoms with E-state index in [0.29, 0.717) is 34.9 Å². The van der Waals surface area contributed by atoms with Crippen molar-refractivity contribution in [3.63, 3.8) is 0 Å². The largest absolute Gasteiger partial charge is 0.513 e. The summed E-state index contributed by atoms with van der Waals surface area (Å²) in [5, 5.41) is 9.71. The van der Waals surface area contributed by atoms with Crippen LogP contribution < -0.4 is 9.47 Å². The molecule has 38 heavy (non-hydrogen) atoms. The number of rotatable bonds is 10. The number of aliphatic hydroxyl groups is 1. The normalized spacial score (nSPS) is 19.5. The van der Waals surface area contributed by atoms with E-state index in [4.69, 9.17) is 9.47 Å². The molecule has 0 bridgehead atoms. The van der Waals surface area contributed by atoms with Crippen molar-refractivity contribution in [3.05, 3.63) is 88.8 Å². The van der Waals surface area contributed by atoms with Crippen LogP contribution in [0.5, 0.6) is 11.6 Å². The Balaban J connectivity index is 1.27. The first-order valence-corrected chi connectivity index (χ1v) is 14.5. The average molecular weight is 542 g/mol. The molecule has 2 aliphatic carbocycles. The number of aliphatic hydroxyl groups excluding tert-OH is 1. The molecule has 0 aliphatic heterocycles. The number of sulfone groups is 1. The highest BCUT2D eigenvalue weighted by molar-refractivity contribution is 7.90. The Hall–Kier alpha value is -3.46. The molecule has 6 nitrogen and oxygen atoms in total. The second-order valence-electron chi connectivity index (χ2n) is 10.2. The van der Waals surface area contributed by atoms with Crippen LogP contribution in [-0.2, 0) is 22.9 Å². The van der Waals surface area contributed by atoms with Crippen molar-refractivity contribution < 1.29 is 31.8 Å². The Morgan fingerprint density at radius 3 is 2.63 bits per heavy atom. The summed E-state index contributed by atoms with van der Waals surface area (Å²) >= 11 is 0. The molecule has 2 aliphatic rings. The minimum absolute atomic E-state index is 0.00443. The number of pyridine rings is 1. The molecule has 0 spiro atoms. The van der Waals surface area contributed by atoms with Crippen LogP contribution in [0, 0.1) is 30.4 Å². The second kappa shape index (κ2) is 10.0. The van der Waals surface area contributed by atoms with Crippen molar-refractivity contribution in [1.82, 2.24) is 4.98 Å². The number of fused-ring (bicyclic) bond motifs is 3. The van der Waals surface area contributed by atoms with Crippen molar-refractivity contribution in [2.75, 3.05) is 18.6 Å². The van der Waals surface area contributed by atoms with Crippen molar-refractivity contribution in [2.45, 2.75) is 32.3 Å². The van der Waals surface area contributed by atoms with Crippen LogP contribution in [0.4, 0.5) is 8.78 Å². The van der Waals surface area contributed by atoms with Gasteiger partial charge in [-0.2, -0.15) is 0 Å². The van der Waals surface area contributed by atoms with Gasteiger partial charge in [-0.15, -0.1) is 0 Å². The summed E-state index contributed by atoms with van der Waals surface area (Å²) in [6.45, 7) is 5.44. The van der Waals surface area contributed by atoms with Crippen LogP contribution in [-0.4, -0.2) is 37.1 Å². The van der Waals surface area contributed by atoms with Gasteiger partial charge in [0.05, 0.1) is 18.1 Å². The Labute approximate surface area is 220 Å². The van der Waals surface area contributed by atoms with Crippen molar-refractivity contribution >= 4 is 9.84 Å². The molecular weight excluding hydrogens is 512 g/mol. The molecule has 0 radical (unpaired) electrons. The molecule has 3 aromatic rings. The SMILES string of the molecule is C=C(O)[C@H]1[C@@H]2Cc3cc(OCc4cc(-c5ccc(OCCCS(C)(=O)=O)cc5F)c(C)cc4F)ncc3[C@@H]21.